The second-order valence-electron chi connectivity index (χ2n) is 2.98. The van der Waals surface area contributed by atoms with E-state index in [1.165, 1.54) is 9.14 Å². The van der Waals surface area contributed by atoms with Crippen molar-refractivity contribution in [3.8, 4) is 5.88 Å². The number of rotatable bonds is 1. The number of allylic oxidation sites excluding steroid dienone is 1. The summed E-state index contributed by atoms with van der Waals surface area (Å²) >= 11 is 2.37. The van der Waals surface area contributed by atoms with Crippen LogP contribution in [0.25, 0.3) is 6.08 Å². The van der Waals surface area contributed by atoms with Gasteiger partial charge in [-0.05, 0) is 56.7 Å². The molecule has 0 radical (unpaired) electrons. The first-order valence-corrected chi connectivity index (χ1v) is 5.27. The Labute approximate surface area is 91.2 Å². The molecule has 1 aliphatic rings. The number of ether oxygens (including phenoxy) is 1. The number of pyridine rings is 1. The molecule has 13 heavy (non-hydrogen) atoms. The Kier molecular flexibility index (Phi) is 2.53. The maximum Gasteiger partial charge on any atom is 0.213 e. The lowest BCUT2D eigenvalue weighted by Crippen LogP contribution is -2.01. The highest BCUT2D eigenvalue weighted by Crippen LogP contribution is 2.27. The van der Waals surface area contributed by atoms with Crippen molar-refractivity contribution in [2.45, 2.75) is 12.8 Å². The van der Waals surface area contributed by atoms with Crippen LogP contribution in [0, 0.1) is 0 Å². The van der Waals surface area contributed by atoms with Crippen molar-refractivity contribution < 1.29 is 4.74 Å². The summed E-state index contributed by atoms with van der Waals surface area (Å²) in [4.78, 5) is 4.40. The van der Waals surface area contributed by atoms with E-state index in [0.717, 1.165) is 18.5 Å². The van der Waals surface area contributed by atoms with Gasteiger partial charge in [-0.15, -0.1) is 0 Å². The van der Waals surface area contributed by atoms with E-state index in [1.54, 1.807) is 7.11 Å². The predicted octanol–water partition coefficient (Wildman–Crippen LogP) is 2.81. The first-order chi connectivity index (χ1) is 6.29. The van der Waals surface area contributed by atoms with Crippen LogP contribution in [0.5, 0.6) is 5.88 Å². The molecule has 0 saturated carbocycles. The molecule has 0 bridgehead atoms. The third-order valence-electron chi connectivity index (χ3n) is 2.11. The van der Waals surface area contributed by atoms with Gasteiger partial charge in [0.25, 0.3) is 0 Å². The van der Waals surface area contributed by atoms with Gasteiger partial charge in [0, 0.05) is 6.07 Å². The average Bonchev–Trinajstić information content (AvgIpc) is 2.17. The Morgan fingerprint density at radius 2 is 2.23 bits per heavy atom. The molecule has 0 saturated heterocycles. The summed E-state index contributed by atoms with van der Waals surface area (Å²) in [6.45, 7) is 0. The van der Waals surface area contributed by atoms with Crippen molar-refractivity contribution in [3.63, 3.8) is 0 Å². The van der Waals surface area contributed by atoms with Gasteiger partial charge >= 0.3 is 0 Å². The first kappa shape index (κ1) is 8.99. The van der Waals surface area contributed by atoms with E-state index >= 15 is 0 Å². The van der Waals surface area contributed by atoms with Gasteiger partial charge in [-0.3, -0.25) is 0 Å². The Hall–Kier alpha value is -0.580. The molecule has 0 spiro atoms. The average molecular weight is 287 g/mol. The van der Waals surface area contributed by atoms with Crippen molar-refractivity contribution >= 4 is 28.7 Å². The second kappa shape index (κ2) is 3.65. The second-order valence-corrected chi connectivity index (χ2v) is 4.37. The summed E-state index contributed by atoms with van der Waals surface area (Å²) in [5.74, 6) is 0.712. The van der Waals surface area contributed by atoms with Crippen LogP contribution in [-0.4, -0.2) is 12.1 Å². The number of aromatic nitrogens is 1. The molecule has 0 unspecified atom stereocenters. The van der Waals surface area contributed by atoms with Crippen LogP contribution in [0.2, 0.25) is 0 Å². The summed E-state index contributed by atoms with van der Waals surface area (Å²) < 4.78 is 6.47. The van der Waals surface area contributed by atoms with E-state index in [2.05, 4.69) is 39.7 Å². The van der Waals surface area contributed by atoms with E-state index in [9.17, 15) is 0 Å². The smallest absolute Gasteiger partial charge is 0.213 e. The minimum absolute atomic E-state index is 0.712. The zero-order valence-corrected chi connectivity index (χ0v) is 9.54. The van der Waals surface area contributed by atoms with Crippen molar-refractivity contribution in [1.29, 1.82) is 0 Å². The highest BCUT2D eigenvalue weighted by atomic mass is 127. The van der Waals surface area contributed by atoms with Gasteiger partial charge in [0.1, 0.15) is 0 Å². The lowest BCUT2D eigenvalue weighted by atomic mass is 10.0. The molecule has 68 valence electrons. The third-order valence-corrected chi connectivity index (χ3v) is 2.96. The number of methoxy groups -OCH3 is 1. The maximum atomic E-state index is 5.07. The van der Waals surface area contributed by atoms with Crippen molar-refractivity contribution in [2.75, 3.05) is 7.11 Å². The van der Waals surface area contributed by atoms with Gasteiger partial charge < -0.3 is 4.74 Å². The quantitative estimate of drug-likeness (QED) is 0.741. The molecule has 0 amide bonds. The molecule has 0 aromatic carbocycles. The van der Waals surface area contributed by atoms with Gasteiger partial charge in [-0.25, -0.2) is 4.98 Å². The molecule has 1 aromatic heterocycles. The Morgan fingerprint density at radius 1 is 1.38 bits per heavy atom. The number of halogens is 1. The highest BCUT2D eigenvalue weighted by Gasteiger charge is 2.10. The molecule has 3 heteroatoms. The van der Waals surface area contributed by atoms with Gasteiger partial charge in [0.05, 0.1) is 12.8 Å². The Balaban J connectivity index is 2.43. The maximum absolute atomic E-state index is 5.07. The largest absolute Gasteiger partial charge is 0.481 e. The van der Waals surface area contributed by atoms with E-state index in [-0.39, 0.29) is 0 Å². The van der Waals surface area contributed by atoms with Crippen LogP contribution in [0.15, 0.2) is 15.7 Å². The highest BCUT2D eigenvalue weighted by molar-refractivity contribution is 14.1. The molecular formula is C10H10INO. The number of hydrogen-bond donors (Lipinski definition) is 0. The molecule has 0 fully saturated rings. The topological polar surface area (TPSA) is 22.1 Å². The molecule has 1 aromatic rings. The van der Waals surface area contributed by atoms with E-state index < -0.39 is 0 Å². The normalized spacial score (nSPS) is 14.8. The number of nitrogens with zero attached hydrogens (tertiary/aromatic N) is 1. The molecule has 0 N–H and O–H groups in total. The van der Waals surface area contributed by atoms with Crippen LogP contribution in [0.1, 0.15) is 17.7 Å². The van der Waals surface area contributed by atoms with Crippen LogP contribution >= 0.6 is 22.6 Å². The summed E-state index contributed by atoms with van der Waals surface area (Å²) in [6, 6.07) is 3.98. The van der Waals surface area contributed by atoms with E-state index in [1.807, 2.05) is 6.07 Å². The monoisotopic (exact) mass is 287 g/mol. The molecule has 1 aliphatic carbocycles. The van der Waals surface area contributed by atoms with Crippen LogP contribution in [-0.2, 0) is 6.42 Å². The van der Waals surface area contributed by atoms with Crippen LogP contribution in [0.3, 0.4) is 0 Å². The molecular weight excluding hydrogens is 277 g/mol. The standard InChI is InChI=1S/C10H10INO/c1-13-10-5-2-7-6-8(11)3-4-9(7)12-10/h2,5-6H,3-4H2,1H3. The molecule has 2 rings (SSSR count). The summed E-state index contributed by atoms with van der Waals surface area (Å²) in [6.07, 6.45) is 4.32. The van der Waals surface area contributed by atoms with Crippen molar-refractivity contribution in [1.82, 2.24) is 4.98 Å². The number of fused-ring (bicyclic) bond motifs is 1. The Bertz CT molecular complexity index is 360. The fourth-order valence-corrected chi connectivity index (χ4v) is 2.02. The fourth-order valence-electron chi connectivity index (χ4n) is 1.42. The summed E-state index contributed by atoms with van der Waals surface area (Å²) in [5, 5.41) is 0. The van der Waals surface area contributed by atoms with Gasteiger partial charge in [-0.1, -0.05) is 0 Å². The van der Waals surface area contributed by atoms with Crippen molar-refractivity contribution in [3.05, 3.63) is 27.0 Å². The zero-order valence-electron chi connectivity index (χ0n) is 7.38. The fraction of sp³-hybridized carbons (Fsp3) is 0.300. The molecule has 0 atom stereocenters. The third kappa shape index (κ3) is 1.85. The summed E-state index contributed by atoms with van der Waals surface area (Å²) in [7, 11) is 1.65. The Morgan fingerprint density at radius 3 is 3.00 bits per heavy atom. The first-order valence-electron chi connectivity index (χ1n) is 4.19. The van der Waals surface area contributed by atoms with Crippen LogP contribution in [0.4, 0.5) is 0 Å². The van der Waals surface area contributed by atoms with Gasteiger partial charge in [-0.2, -0.15) is 0 Å². The summed E-state index contributed by atoms with van der Waals surface area (Å²) in [5.41, 5.74) is 2.39. The van der Waals surface area contributed by atoms with Gasteiger partial charge in [0.2, 0.25) is 5.88 Å². The SMILES string of the molecule is COc1ccc2c(n1)CCC(I)=C2. The lowest BCUT2D eigenvalue weighted by Gasteiger charge is -2.12. The number of hydrogen-bond acceptors (Lipinski definition) is 2. The van der Waals surface area contributed by atoms with Crippen molar-refractivity contribution in [2.24, 2.45) is 0 Å². The minimum Gasteiger partial charge on any atom is -0.481 e. The molecule has 0 aliphatic heterocycles. The van der Waals surface area contributed by atoms with Crippen LogP contribution < -0.4 is 4.74 Å². The molecule has 1 heterocycles. The predicted molar refractivity (Wildman–Crippen MR) is 61.1 cm³/mol. The number of aryl methyl sites for hydroxylation is 1. The molecule has 2 nitrogen and oxygen atoms in total. The lowest BCUT2D eigenvalue weighted by molar-refractivity contribution is 0.396. The van der Waals surface area contributed by atoms with E-state index in [4.69, 9.17) is 4.74 Å². The zero-order chi connectivity index (χ0) is 9.26. The van der Waals surface area contributed by atoms with E-state index in [0.29, 0.717) is 5.88 Å². The minimum atomic E-state index is 0.712. The van der Waals surface area contributed by atoms with Gasteiger partial charge in [0.15, 0.2) is 0 Å².